The predicted octanol–water partition coefficient (Wildman–Crippen LogP) is 0.596. The molecule has 0 aromatic carbocycles. The second-order valence-corrected chi connectivity index (χ2v) is 3.78. The molecule has 0 fully saturated rings. The van der Waals surface area contributed by atoms with Crippen molar-refractivity contribution in [3.63, 3.8) is 0 Å². The van der Waals surface area contributed by atoms with E-state index in [1.165, 1.54) is 0 Å². The van der Waals surface area contributed by atoms with E-state index in [1.54, 1.807) is 4.90 Å². The molecule has 13 heavy (non-hydrogen) atoms. The molecule has 0 saturated carbocycles. The zero-order valence-electron chi connectivity index (χ0n) is 8.63. The molecule has 0 saturated heterocycles. The molecule has 0 aliphatic heterocycles. The van der Waals surface area contributed by atoms with Gasteiger partial charge in [0.25, 0.3) is 0 Å². The van der Waals surface area contributed by atoms with Crippen molar-refractivity contribution in [2.75, 3.05) is 13.1 Å². The van der Waals surface area contributed by atoms with Crippen LogP contribution in [-0.2, 0) is 4.79 Å². The summed E-state index contributed by atoms with van der Waals surface area (Å²) in [7, 11) is 0. The molecule has 0 unspecified atom stereocenters. The molecule has 0 radical (unpaired) electrons. The van der Waals surface area contributed by atoms with Gasteiger partial charge < -0.3 is 10.6 Å². The van der Waals surface area contributed by atoms with Crippen LogP contribution in [-0.4, -0.2) is 29.4 Å². The molecule has 0 spiro atoms. The Hall–Kier alpha value is -1.01. The maximum Gasteiger partial charge on any atom is 0.225 e. The fourth-order valence-corrected chi connectivity index (χ4v) is 0.988. The van der Waals surface area contributed by atoms with E-state index in [0.29, 0.717) is 19.5 Å². The van der Waals surface area contributed by atoms with Gasteiger partial charge in [0.2, 0.25) is 5.91 Å². The minimum atomic E-state index is -0.459. The molecule has 3 nitrogen and oxygen atoms in total. The van der Waals surface area contributed by atoms with E-state index in [4.69, 9.17) is 12.2 Å². The summed E-state index contributed by atoms with van der Waals surface area (Å²) in [5.74, 6) is 2.47. The molecule has 1 amide bonds. The number of carbonyl (C=O) groups is 1. The summed E-state index contributed by atoms with van der Waals surface area (Å²) in [6, 6.07) is 0. The van der Waals surface area contributed by atoms with Crippen LogP contribution in [0.2, 0.25) is 0 Å². The van der Waals surface area contributed by atoms with Crippen molar-refractivity contribution in [2.45, 2.75) is 32.7 Å². The maximum absolute atomic E-state index is 11.5. The van der Waals surface area contributed by atoms with Crippen molar-refractivity contribution in [3.05, 3.63) is 0 Å². The van der Waals surface area contributed by atoms with E-state index in [-0.39, 0.29) is 5.91 Å². The molecule has 0 atom stereocenters. The first-order chi connectivity index (χ1) is 5.90. The third-order valence-corrected chi connectivity index (χ3v) is 1.62. The first-order valence-electron chi connectivity index (χ1n) is 4.41. The maximum atomic E-state index is 11.5. The minimum Gasteiger partial charge on any atom is -0.332 e. The Bertz CT molecular complexity index is 210. The fourth-order valence-electron chi connectivity index (χ4n) is 0.988. The van der Waals surface area contributed by atoms with Crippen molar-refractivity contribution >= 4 is 5.91 Å². The molecule has 3 heteroatoms. The van der Waals surface area contributed by atoms with Gasteiger partial charge in [-0.25, -0.2) is 0 Å². The molecule has 0 aliphatic carbocycles. The smallest absolute Gasteiger partial charge is 0.225 e. The van der Waals surface area contributed by atoms with Gasteiger partial charge in [-0.05, 0) is 20.8 Å². The SMILES string of the molecule is C#CCN(CC)C(=O)CC(C)(C)N. The Balaban J connectivity index is 4.16. The highest BCUT2D eigenvalue weighted by molar-refractivity contribution is 5.77. The monoisotopic (exact) mass is 182 g/mol. The Morgan fingerprint density at radius 2 is 2.15 bits per heavy atom. The van der Waals surface area contributed by atoms with Crippen molar-refractivity contribution in [3.8, 4) is 12.3 Å². The Morgan fingerprint density at radius 3 is 2.46 bits per heavy atom. The van der Waals surface area contributed by atoms with Gasteiger partial charge in [0, 0.05) is 18.5 Å². The molecular formula is C10H18N2O. The van der Waals surface area contributed by atoms with Crippen molar-refractivity contribution < 1.29 is 4.79 Å². The van der Waals surface area contributed by atoms with Crippen LogP contribution in [0.15, 0.2) is 0 Å². The van der Waals surface area contributed by atoms with Gasteiger partial charge in [-0.2, -0.15) is 0 Å². The number of amides is 1. The van der Waals surface area contributed by atoms with Gasteiger partial charge in [-0.3, -0.25) is 4.79 Å². The summed E-state index contributed by atoms with van der Waals surface area (Å²) in [4.78, 5) is 13.1. The van der Waals surface area contributed by atoms with Gasteiger partial charge >= 0.3 is 0 Å². The van der Waals surface area contributed by atoms with Crippen LogP contribution in [0.5, 0.6) is 0 Å². The highest BCUT2D eigenvalue weighted by atomic mass is 16.2. The number of hydrogen-bond acceptors (Lipinski definition) is 2. The average molecular weight is 182 g/mol. The fraction of sp³-hybridized carbons (Fsp3) is 0.700. The molecule has 0 bridgehead atoms. The van der Waals surface area contributed by atoms with E-state index in [9.17, 15) is 4.79 Å². The lowest BCUT2D eigenvalue weighted by Gasteiger charge is -2.23. The zero-order chi connectivity index (χ0) is 10.5. The van der Waals surface area contributed by atoms with Crippen molar-refractivity contribution in [1.82, 2.24) is 4.90 Å². The van der Waals surface area contributed by atoms with Gasteiger partial charge in [-0.15, -0.1) is 6.42 Å². The summed E-state index contributed by atoms with van der Waals surface area (Å²) in [5.41, 5.74) is 5.27. The summed E-state index contributed by atoms with van der Waals surface area (Å²) < 4.78 is 0. The summed E-state index contributed by atoms with van der Waals surface area (Å²) in [6.45, 7) is 6.56. The molecule has 0 aromatic heterocycles. The van der Waals surface area contributed by atoms with Crippen molar-refractivity contribution in [2.24, 2.45) is 5.73 Å². The Morgan fingerprint density at radius 1 is 1.62 bits per heavy atom. The largest absolute Gasteiger partial charge is 0.332 e. The average Bonchev–Trinajstić information content (AvgIpc) is 1.96. The van der Waals surface area contributed by atoms with Crippen LogP contribution in [0.1, 0.15) is 27.2 Å². The van der Waals surface area contributed by atoms with Crippen LogP contribution in [0.4, 0.5) is 0 Å². The number of nitrogens with zero attached hydrogens (tertiary/aromatic N) is 1. The highest BCUT2D eigenvalue weighted by Crippen LogP contribution is 2.06. The Labute approximate surface area is 80.3 Å². The van der Waals surface area contributed by atoms with Gasteiger partial charge in [0.05, 0.1) is 6.54 Å². The van der Waals surface area contributed by atoms with Crippen molar-refractivity contribution in [1.29, 1.82) is 0 Å². The van der Waals surface area contributed by atoms with Gasteiger partial charge in [-0.1, -0.05) is 5.92 Å². The first kappa shape index (κ1) is 12.0. The normalized spacial score (nSPS) is 10.7. The van der Waals surface area contributed by atoms with E-state index < -0.39 is 5.54 Å². The molecule has 0 heterocycles. The molecule has 0 rings (SSSR count). The van der Waals surface area contributed by atoms with E-state index in [1.807, 2.05) is 20.8 Å². The molecule has 0 aromatic rings. The Kier molecular flexibility index (Phi) is 4.50. The molecular weight excluding hydrogens is 164 g/mol. The molecule has 2 N–H and O–H groups in total. The number of carbonyl (C=O) groups excluding carboxylic acids is 1. The summed E-state index contributed by atoms with van der Waals surface area (Å²) in [6.07, 6.45) is 5.47. The lowest BCUT2D eigenvalue weighted by molar-refractivity contribution is -0.131. The topological polar surface area (TPSA) is 46.3 Å². The number of hydrogen-bond donors (Lipinski definition) is 1. The second kappa shape index (κ2) is 4.88. The summed E-state index contributed by atoms with van der Waals surface area (Å²) >= 11 is 0. The minimum absolute atomic E-state index is 0.0213. The molecule has 0 aliphatic rings. The van der Waals surface area contributed by atoms with E-state index in [2.05, 4.69) is 5.92 Å². The summed E-state index contributed by atoms with van der Waals surface area (Å²) in [5, 5.41) is 0. The predicted molar refractivity (Wildman–Crippen MR) is 54.0 cm³/mol. The third-order valence-electron chi connectivity index (χ3n) is 1.62. The van der Waals surface area contributed by atoms with Gasteiger partial charge in [0.1, 0.15) is 0 Å². The second-order valence-electron chi connectivity index (χ2n) is 3.78. The number of terminal acetylenes is 1. The first-order valence-corrected chi connectivity index (χ1v) is 4.41. The lowest BCUT2D eigenvalue weighted by Crippen LogP contribution is -2.41. The standard InChI is InChI=1S/C10H18N2O/c1-5-7-12(6-2)9(13)8-10(3,4)11/h1H,6-8,11H2,2-4H3. The van der Waals surface area contributed by atoms with Crippen LogP contribution in [0.3, 0.4) is 0 Å². The number of nitrogens with two attached hydrogens (primary N) is 1. The van der Waals surface area contributed by atoms with Crippen LogP contribution in [0.25, 0.3) is 0 Å². The zero-order valence-corrected chi connectivity index (χ0v) is 8.63. The highest BCUT2D eigenvalue weighted by Gasteiger charge is 2.19. The lowest BCUT2D eigenvalue weighted by atomic mass is 10.0. The van der Waals surface area contributed by atoms with E-state index in [0.717, 1.165) is 0 Å². The molecule has 74 valence electrons. The van der Waals surface area contributed by atoms with E-state index >= 15 is 0 Å². The van der Waals surface area contributed by atoms with Crippen LogP contribution >= 0.6 is 0 Å². The van der Waals surface area contributed by atoms with Crippen LogP contribution in [0, 0.1) is 12.3 Å². The number of rotatable bonds is 4. The van der Waals surface area contributed by atoms with Crippen LogP contribution < -0.4 is 5.73 Å². The van der Waals surface area contributed by atoms with Gasteiger partial charge in [0.15, 0.2) is 0 Å². The third kappa shape index (κ3) is 5.26. The quantitative estimate of drug-likeness (QED) is 0.647.